The van der Waals surface area contributed by atoms with E-state index >= 15 is 0 Å². The summed E-state index contributed by atoms with van der Waals surface area (Å²) in [5, 5.41) is 4.29. The third kappa shape index (κ3) is 4.15. The normalized spacial score (nSPS) is 12.2. The van der Waals surface area contributed by atoms with Crippen molar-refractivity contribution in [3.8, 4) is 0 Å². The Balaban J connectivity index is 2.04. The van der Waals surface area contributed by atoms with Gasteiger partial charge in [-0.3, -0.25) is 4.79 Å². The van der Waals surface area contributed by atoms with Crippen LogP contribution >= 0.6 is 35.0 Å². The van der Waals surface area contributed by atoms with E-state index in [0.717, 1.165) is 11.7 Å². The number of nitrogens with zero attached hydrogens (tertiary/aromatic N) is 2. The number of anilines is 1. The number of benzene rings is 1. The molecular formula is C14H15Cl2N3OS. The van der Waals surface area contributed by atoms with E-state index in [9.17, 15) is 4.79 Å². The molecular weight excluding hydrogens is 329 g/mol. The van der Waals surface area contributed by atoms with Crippen LogP contribution in [0, 0.1) is 0 Å². The van der Waals surface area contributed by atoms with E-state index in [1.165, 1.54) is 11.8 Å². The number of carbonyl (C=O) groups excluding carboxylic acids is 1. The molecule has 1 atom stereocenters. The minimum absolute atomic E-state index is 0.144. The van der Waals surface area contributed by atoms with Crippen molar-refractivity contribution < 1.29 is 4.79 Å². The van der Waals surface area contributed by atoms with E-state index < -0.39 is 0 Å². The van der Waals surface area contributed by atoms with Crippen LogP contribution in [0.1, 0.15) is 13.8 Å². The van der Waals surface area contributed by atoms with E-state index in [1.54, 1.807) is 24.4 Å². The fraction of sp³-hybridized carbons (Fsp3) is 0.286. The summed E-state index contributed by atoms with van der Waals surface area (Å²) in [6, 6.07) is 4.96. The number of amides is 1. The van der Waals surface area contributed by atoms with Gasteiger partial charge in [0.15, 0.2) is 5.16 Å². The first-order chi connectivity index (χ1) is 10.0. The van der Waals surface area contributed by atoms with E-state index in [0.29, 0.717) is 15.7 Å². The zero-order valence-electron chi connectivity index (χ0n) is 11.6. The van der Waals surface area contributed by atoms with Crippen molar-refractivity contribution in [2.75, 3.05) is 5.32 Å². The molecule has 2 aromatic rings. The topological polar surface area (TPSA) is 46.9 Å². The van der Waals surface area contributed by atoms with Crippen LogP contribution in [0.4, 0.5) is 5.69 Å². The number of rotatable bonds is 5. The fourth-order valence-corrected chi connectivity index (χ4v) is 2.96. The van der Waals surface area contributed by atoms with Gasteiger partial charge >= 0.3 is 0 Å². The Labute approximate surface area is 137 Å². The Hall–Kier alpha value is -1.17. The molecule has 0 aliphatic carbocycles. The molecule has 1 N–H and O–H groups in total. The lowest BCUT2D eigenvalue weighted by Gasteiger charge is -2.13. The molecule has 112 valence electrons. The first-order valence-electron chi connectivity index (χ1n) is 6.45. The molecule has 1 aromatic heterocycles. The number of nitrogens with one attached hydrogen (secondary N) is 1. The molecule has 0 aliphatic heterocycles. The molecule has 1 aromatic carbocycles. The molecule has 1 amide bonds. The Kier molecular flexibility index (Phi) is 5.56. The zero-order chi connectivity index (χ0) is 15.4. The van der Waals surface area contributed by atoms with Crippen LogP contribution in [0.15, 0.2) is 35.7 Å². The fourth-order valence-electron chi connectivity index (χ4n) is 1.69. The first kappa shape index (κ1) is 16.2. The van der Waals surface area contributed by atoms with Crippen molar-refractivity contribution in [1.29, 1.82) is 0 Å². The summed E-state index contributed by atoms with van der Waals surface area (Å²) in [5.41, 5.74) is 0.514. The van der Waals surface area contributed by atoms with Crippen LogP contribution in [0.25, 0.3) is 0 Å². The van der Waals surface area contributed by atoms with Gasteiger partial charge in [-0.15, -0.1) is 0 Å². The maximum Gasteiger partial charge on any atom is 0.237 e. The van der Waals surface area contributed by atoms with Gasteiger partial charge in [0.25, 0.3) is 0 Å². The number of aromatic nitrogens is 2. The van der Waals surface area contributed by atoms with Crippen LogP contribution in [-0.4, -0.2) is 20.7 Å². The maximum atomic E-state index is 12.2. The van der Waals surface area contributed by atoms with Gasteiger partial charge in [0.05, 0.1) is 16.0 Å². The van der Waals surface area contributed by atoms with Gasteiger partial charge in [-0.1, -0.05) is 35.0 Å². The van der Waals surface area contributed by atoms with Crippen molar-refractivity contribution >= 4 is 46.6 Å². The first-order valence-corrected chi connectivity index (χ1v) is 8.08. The summed E-state index contributed by atoms with van der Waals surface area (Å²) < 4.78 is 1.99. The van der Waals surface area contributed by atoms with E-state index in [-0.39, 0.29) is 11.2 Å². The van der Waals surface area contributed by atoms with Gasteiger partial charge < -0.3 is 9.88 Å². The van der Waals surface area contributed by atoms with Gasteiger partial charge in [0, 0.05) is 24.0 Å². The molecule has 4 nitrogen and oxygen atoms in total. The molecule has 0 saturated carbocycles. The second-order valence-electron chi connectivity index (χ2n) is 4.37. The molecule has 1 unspecified atom stereocenters. The summed E-state index contributed by atoms with van der Waals surface area (Å²) in [6.45, 7) is 4.67. The monoisotopic (exact) mass is 343 g/mol. The predicted octanol–water partition coefficient (Wildman–Crippen LogP) is 4.33. The van der Waals surface area contributed by atoms with Crippen LogP contribution in [0.5, 0.6) is 0 Å². The molecule has 0 fully saturated rings. The lowest BCUT2D eigenvalue weighted by Crippen LogP contribution is -2.23. The molecule has 1 heterocycles. The number of carbonyl (C=O) groups is 1. The standard InChI is InChI=1S/C14H15Cl2N3OS/c1-3-19-7-6-17-14(19)21-9(2)13(20)18-12-8-10(15)4-5-11(12)16/h4-9H,3H2,1-2H3,(H,18,20). The van der Waals surface area contributed by atoms with Crippen LogP contribution in [-0.2, 0) is 11.3 Å². The minimum atomic E-state index is -0.298. The summed E-state index contributed by atoms with van der Waals surface area (Å²) in [7, 11) is 0. The molecule has 2 rings (SSSR count). The Morgan fingerprint density at radius 1 is 1.48 bits per heavy atom. The van der Waals surface area contributed by atoms with E-state index in [4.69, 9.17) is 23.2 Å². The van der Waals surface area contributed by atoms with Crippen molar-refractivity contribution in [3.63, 3.8) is 0 Å². The summed E-state index contributed by atoms with van der Waals surface area (Å²) in [5.74, 6) is -0.144. The van der Waals surface area contributed by atoms with Crippen LogP contribution in [0.3, 0.4) is 0 Å². The zero-order valence-corrected chi connectivity index (χ0v) is 14.0. The maximum absolute atomic E-state index is 12.2. The lowest BCUT2D eigenvalue weighted by molar-refractivity contribution is -0.115. The summed E-state index contributed by atoms with van der Waals surface area (Å²) in [4.78, 5) is 16.5. The molecule has 0 aliphatic rings. The highest BCUT2D eigenvalue weighted by Crippen LogP contribution is 2.27. The minimum Gasteiger partial charge on any atom is -0.326 e. The van der Waals surface area contributed by atoms with Gasteiger partial charge in [-0.25, -0.2) is 4.98 Å². The average Bonchev–Trinajstić information content (AvgIpc) is 2.90. The third-order valence-electron chi connectivity index (χ3n) is 2.86. The average molecular weight is 344 g/mol. The van der Waals surface area contributed by atoms with Crippen molar-refractivity contribution in [2.45, 2.75) is 30.8 Å². The number of imidazole rings is 1. The lowest BCUT2D eigenvalue weighted by atomic mass is 10.3. The van der Waals surface area contributed by atoms with E-state index in [2.05, 4.69) is 10.3 Å². The quantitative estimate of drug-likeness (QED) is 0.822. The van der Waals surface area contributed by atoms with Crippen molar-refractivity contribution in [3.05, 3.63) is 40.6 Å². The smallest absolute Gasteiger partial charge is 0.237 e. The highest BCUT2D eigenvalue weighted by molar-refractivity contribution is 8.00. The number of hydrogen-bond donors (Lipinski definition) is 1. The second kappa shape index (κ2) is 7.20. The number of aryl methyl sites for hydroxylation is 1. The van der Waals surface area contributed by atoms with Gasteiger partial charge in [0.2, 0.25) is 5.91 Å². The molecule has 7 heteroatoms. The van der Waals surface area contributed by atoms with Crippen molar-refractivity contribution in [1.82, 2.24) is 9.55 Å². The second-order valence-corrected chi connectivity index (χ2v) is 6.52. The number of hydrogen-bond acceptors (Lipinski definition) is 3. The summed E-state index contributed by atoms with van der Waals surface area (Å²) >= 11 is 13.3. The van der Waals surface area contributed by atoms with Gasteiger partial charge in [-0.2, -0.15) is 0 Å². The number of thioether (sulfide) groups is 1. The third-order valence-corrected chi connectivity index (χ3v) is 4.54. The highest BCUT2D eigenvalue weighted by Gasteiger charge is 2.18. The SMILES string of the molecule is CCn1ccnc1SC(C)C(=O)Nc1cc(Cl)ccc1Cl. The van der Waals surface area contributed by atoms with Crippen LogP contribution in [0.2, 0.25) is 10.0 Å². The molecule has 0 radical (unpaired) electrons. The molecule has 0 bridgehead atoms. The Morgan fingerprint density at radius 2 is 2.24 bits per heavy atom. The summed E-state index contributed by atoms with van der Waals surface area (Å²) in [6.07, 6.45) is 3.62. The largest absolute Gasteiger partial charge is 0.326 e. The van der Waals surface area contributed by atoms with Gasteiger partial charge in [-0.05, 0) is 32.0 Å². The highest BCUT2D eigenvalue weighted by atomic mass is 35.5. The van der Waals surface area contributed by atoms with Gasteiger partial charge in [0.1, 0.15) is 0 Å². The molecule has 21 heavy (non-hydrogen) atoms. The van der Waals surface area contributed by atoms with Crippen LogP contribution < -0.4 is 5.32 Å². The Morgan fingerprint density at radius 3 is 2.95 bits per heavy atom. The van der Waals surface area contributed by atoms with E-state index in [1.807, 2.05) is 24.6 Å². The number of halogens is 2. The molecule has 0 spiro atoms. The predicted molar refractivity (Wildman–Crippen MR) is 88.3 cm³/mol. The Bertz CT molecular complexity index is 645. The van der Waals surface area contributed by atoms with Crippen molar-refractivity contribution in [2.24, 2.45) is 0 Å². The molecule has 0 saturated heterocycles.